The second-order valence-electron chi connectivity index (χ2n) is 3.17. The minimum atomic E-state index is -1.21. The average molecular weight is 174 g/mol. The Kier molecular flexibility index (Phi) is 3.79. The van der Waals surface area contributed by atoms with Gasteiger partial charge in [0.1, 0.15) is 9.68 Å². The van der Waals surface area contributed by atoms with Crippen molar-refractivity contribution >= 4 is 18.1 Å². The van der Waals surface area contributed by atoms with Crippen molar-refractivity contribution in [1.29, 1.82) is 0 Å². The Labute approximate surface area is 68.3 Å². The second kappa shape index (κ2) is 3.66. The van der Waals surface area contributed by atoms with E-state index >= 15 is 0 Å². The predicted molar refractivity (Wildman–Crippen MR) is 50.6 cm³/mol. The molecule has 2 radical (unpaired) electrons. The molecule has 0 heterocycles. The van der Waals surface area contributed by atoms with E-state index in [1.165, 1.54) is 0 Å². The Morgan fingerprint density at radius 2 is 1.50 bits per heavy atom. The van der Waals surface area contributed by atoms with Crippen molar-refractivity contribution in [2.24, 2.45) is 0 Å². The molecule has 0 aliphatic carbocycles. The van der Waals surface area contributed by atoms with Crippen molar-refractivity contribution in [1.82, 2.24) is 8.80 Å². The van der Waals surface area contributed by atoms with Crippen molar-refractivity contribution in [3.05, 3.63) is 0 Å². The molecule has 0 saturated carbocycles. The van der Waals surface area contributed by atoms with E-state index in [4.69, 9.17) is 0 Å². The number of hydrogen-bond acceptors (Lipinski definition) is 2. The Morgan fingerprint density at radius 3 is 1.60 bits per heavy atom. The third-order valence-corrected chi connectivity index (χ3v) is 9.06. The molecule has 0 fully saturated rings. The van der Waals surface area contributed by atoms with Crippen LogP contribution in [-0.4, -0.2) is 48.0 Å². The predicted octanol–water partition coefficient (Wildman–Crippen LogP) is 0.849. The molecule has 0 atom stereocenters. The largest absolute Gasteiger partial charge is 0.338 e. The molecule has 4 heteroatoms. The van der Waals surface area contributed by atoms with E-state index < -0.39 is 8.40 Å². The van der Waals surface area contributed by atoms with E-state index in [1.54, 1.807) is 0 Å². The average Bonchev–Trinajstić information content (AvgIpc) is 1.86. The zero-order valence-corrected chi connectivity index (χ0v) is 9.89. The molecule has 0 N–H and O–H groups in total. The topological polar surface area (TPSA) is 6.48 Å². The van der Waals surface area contributed by atoms with Crippen molar-refractivity contribution in [3.63, 3.8) is 0 Å². The first kappa shape index (κ1) is 10.4. The Morgan fingerprint density at radius 1 is 1.10 bits per heavy atom. The lowest BCUT2D eigenvalue weighted by Crippen LogP contribution is -2.58. The number of hydrogen-bond donors (Lipinski definition) is 0. The van der Waals surface area contributed by atoms with Crippen molar-refractivity contribution < 1.29 is 0 Å². The monoisotopic (exact) mass is 174 g/mol. The highest BCUT2D eigenvalue weighted by Crippen LogP contribution is 2.07. The minimum Gasteiger partial charge on any atom is -0.338 e. The quantitative estimate of drug-likeness (QED) is 0.585. The van der Waals surface area contributed by atoms with Gasteiger partial charge in [-0.2, -0.15) is 0 Å². The van der Waals surface area contributed by atoms with Gasteiger partial charge in [0.05, 0.1) is 0 Å². The lowest BCUT2D eigenvalue weighted by Gasteiger charge is -2.37. The van der Waals surface area contributed by atoms with Crippen LogP contribution in [0.1, 0.15) is 0 Å². The molecule has 60 valence electrons. The summed E-state index contributed by atoms with van der Waals surface area (Å²) in [5.74, 6) is 0. The highest BCUT2D eigenvalue weighted by Gasteiger charge is 2.27. The fraction of sp³-hybridized carbons (Fsp3) is 1.00. The lowest BCUT2D eigenvalue weighted by molar-refractivity contribution is 0.554. The maximum Gasteiger partial charge on any atom is 0.192 e. The molecule has 0 aliphatic heterocycles. The molecule has 0 aromatic carbocycles. The number of nitrogens with zero attached hydrogens (tertiary/aromatic N) is 2. The summed E-state index contributed by atoms with van der Waals surface area (Å²) in [6.45, 7) is 6.96. The highest BCUT2D eigenvalue weighted by molar-refractivity contribution is 6.77. The van der Waals surface area contributed by atoms with Crippen LogP contribution in [-0.2, 0) is 0 Å². The van der Waals surface area contributed by atoms with E-state index in [0.717, 1.165) is 9.68 Å². The van der Waals surface area contributed by atoms with Gasteiger partial charge in [-0.05, 0) is 34.2 Å². The Bertz CT molecular complexity index is 104. The van der Waals surface area contributed by atoms with Gasteiger partial charge in [0.2, 0.25) is 0 Å². The molecular weight excluding hydrogens is 156 g/mol. The van der Waals surface area contributed by atoms with E-state index in [0.29, 0.717) is 0 Å². The van der Waals surface area contributed by atoms with Gasteiger partial charge in [-0.15, -0.1) is 0 Å². The van der Waals surface area contributed by atoms with Crippen molar-refractivity contribution in [3.8, 4) is 0 Å². The SMILES string of the molecule is C[Si]N(C)[Si](C)(C)N(C)C. The standard InChI is InChI=1S/C6H18N2Si2/c1-7(2)10(5,6)8(3)9-4/h1-6H3. The summed E-state index contributed by atoms with van der Waals surface area (Å²) in [5.41, 5.74) is 0. The molecular formula is C6H18N2Si2. The minimum absolute atomic E-state index is 0.929. The zero-order chi connectivity index (χ0) is 8.36. The smallest absolute Gasteiger partial charge is 0.192 e. The summed E-state index contributed by atoms with van der Waals surface area (Å²) >= 11 is 0. The van der Waals surface area contributed by atoms with E-state index in [2.05, 4.69) is 49.6 Å². The van der Waals surface area contributed by atoms with Crippen LogP contribution in [0.3, 0.4) is 0 Å². The van der Waals surface area contributed by atoms with E-state index in [-0.39, 0.29) is 0 Å². The molecule has 0 unspecified atom stereocenters. The molecule has 0 rings (SSSR count). The maximum absolute atomic E-state index is 2.48. The van der Waals surface area contributed by atoms with Crippen LogP contribution >= 0.6 is 0 Å². The molecule has 10 heavy (non-hydrogen) atoms. The van der Waals surface area contributed by atoms with Gasteiger partial charge < -0.3 is 8.80 Å². The van der Waals surface area contributed by atoms with Crippen LogP contribution in [0.15, 0.2) is 0 Å². The van der Waals surface area contributed by atoms with Gasteiger partial charge in [-0.3, -0.25) is 0 Å². The van der Waals surface area contributed by atoms with Crippen LogP contribution < -0.4 is 0 Å². The van der Waals surface area contributed by atoms with Crippen LogP contribution in [0.5, 0.6) is 0 Å². The summed E-state index contributed by atoms with van der Waals surface area (Å²) in [5, 5.41) is 0. The maximum atomic E-state index is 2.48. The first-order valence-electron chi connectivity index (χ1n) is 3.51. The van der Waals surface area contributed by atoms with Gasteiger partial charge in [0.25, 0.3) is 0 Å². The van der Waals surface area contributed by atoms with Crippen LogP contribution in [0, 0.1) is 0 Å². The molecule has 2 nitrogen and oxygen atoms in total. The molecule has 0 amide bonds. The van der Waals surface area contributed by atoms with Crippen LogP contribution in [0.4, 0.5) is 0 Å². The first-order chi connectivity index (χ1) is 4.42. The zero-order valence-electron chi connectivity index (χ0n) is 7.89. The van der Waals surface area contributed by atoms with Gasteiger partial charge >= 0.3 is 0 Å². The Balaban J connectivity index is 4.09. The normalized spacial score (nSPS) is 13.2. The Hall–Kier alpha value is 0.354. The van der Waals surface area contributed by atoms with Crippen LogP contribution in [0.2, 0.25) is 19.6 Å². The molecule has 0 aromatic rings. The summed E-state index contributed by atoms with van der Waals surface area (Å²) in [7, 11) is 6.28. The molecule has 0 saturated heterocycles. The van der Waals surface area contributed by atoms with Crippen molar-refractivity contribution in [2.45, 2.75) is 19.6 Å². The van der Waals surface area contributed by atoms with Gasteiger partial charge in [0.15, 0.2) is 8.40 Å². The lowest BCUT2D eigenvalue weighted by atomic mass is 11.3. The number of rotatable bonds is 3. The second-order valence-corrected chi connectivity index (χ2v) is 9.29. The van der Waals surface area contributed by atoms with E-state index in [9.17, 15) is 0 Å². The van der Waals surface area contributed by atoms with Gasteiger partial charge in [0, 0.05) is 0 Å². The summed E-state index contributed by atoms with van der Waals surface area (Å²) in [4.78, 5) is 0. The summed E-state index contributed by atoms with van der Waals surface area (Å²) in [6, 6.07) is 0. The third-order valence-electron chi connectivity index (χ3n) is 2.25. The highest BCUT2D eigenvalue weighted by atomic mass is 28.4. The fourth-order valence-corrected chi connectivity index (χ4v) is 3.96. The van der Waals surface area contributed by atoms with E-state index in [1.807, 2.05) is 0 Å². The summed E-state index contributed by atoms with van der Waals surface area (Å²) < 4.78 is 4.84. The molecule has 0 aromatic heterocycles. The summed E-state index contributed by atoms with van der Waals surface area (Å²) in [6.07, 6.45) is 0. The third kappa shape index (κ3) is 2.19. The van der Waals surface area contributed by atoms with Crippen molar-refractivity contribution in [2.75, 3.05) is 21.1 Å². The fourth-order valence-electron chi connectivity index (χ4n) is 0.574. The van der Waals surface area contributed by atoms with Crippen LogP contribution in [0.25, 0.3) is 0 Å². The molecule has 0 aliphatic rings. The first-order valence-corrected chi connectivity index (χ1v) is 7.85. The molecule has 0 spiro atoms. The van der Waals surface area contributed by atoms with Gasteiger partial charge in [-0.1, -0.05) is 6.55 Å². The van der Waals surface area contributed by atoms with Gasteiger partial charge in [-0.25, -0.2) is 0 Å². The molecule has 0 bridgehead atoms.